The van der Waals surface area contributed by atoms with Crippen molar-refractivity contribution >= 4 is 22.6 Å². The average Bonchev–Trinajstić information content (AvgIpc) is 3.11. The number of rotatable bonds is 4. The van der Waals surface area contributed by atoms with Gasteiger partial charge in [-0.25, -0.2) is 9.37 Å². The number of nitrogens with zero attached hydrogens (tertiary/aromatic N) is 1. The quantitative estimate of drug-likeness (QED) is 0.786. The summed E-state index contributed by atoms with van der Waals surface area (Å²) in [5, 5.41) is 12.4. The van der Waals surface area contributed by atoms with E-state index in [-0.39, 0.29) is 23.9 Å². The standard InChI is InChI=1S/C16H14FN3O3S/c17-10-5-3-9(4-6-10)8-18-15(22)12-13(21)16(23)20-14(19-12)11-2-1-7-24-11/h2-6,21H,1,7-8H2,(H,18,22)(H,19,20,23). The number of thioether (sulfide) groups is 1. The second-order valence-electron chi connectivity index (χ2n) is 5.13. The molecule has 0 unspecified atom stereocenters. The Morgan fingerprint density at radius 3 is 2.79 bits per heavy atom. The molecule has 0 radical (unpaired) electrons. The van der Waals surface area contributed by atoms with Gasteiger partial charge in [0.15, 0.2) is 5.69 Å². The zero-order valence-corrected chi connectivity index (χ0v) is 13.3. The average molecular weight is 347 g/mol. The fraction of sp³-hybridized carbons (Fsp3) is 0.188. The molecule has 1 aromatic carbocycles. The summed E-state index contributed by atoms with van der Waals surface area (Å²) in [4.78, 5) is 31.4. The van der Waals surface area contributed by atoms with E-state index in [0.717, 1.165) is 17.1 Å². The summed E-state index contributed by atoms with van der Waals surface area (Å²) in [6.45, 7) is 0.125. The Morgan fingerprint density at radius 2 is 2.12 bits per heavy atom. The molecule has 1 aromatic heterocycles. The number of hydrogen-bond donors (Lipinski definition) is 3. The lowest BCUT2D eigenvalue weighted by Crippen LogP contribution is -2.27. The van der Waals surface area contributed by atoms with Crippen molar-refractivity contribution in [2.75, 3.05) is 5.75 Å². The number of carbonyl (C=O) groups is 1. The number of carbonyl (C=O) groups excluding carboxylic acids is 1. The molecular formula is C16H14FN3O3S. The Balaban J connectivity index is 1.80. The highest BCUT2D eigenvalue weighted by atomic mass is 32.2. The van der Waals surface area contributed by atoms with Crippen LogP contribution in [0.15, 0.2) is 35.1 Å². The first-order valence-corrected chi connectivity index (χ1v) is 8.22. The second kappa shape index (κ2) is 6.88. The van der Waals surface area contributed by atoms with Crippen LogP contribution < -0.4 is 10.9 Å². The van der Waals surface area contributed by atoms with Crippen LogP contribution in [-0.4, -0.2) is 26.7 Å². The zero-order chi connectivity index (χ0) is 17.1. The number of hydrogen-bond acceptors (Lipinski definition) is 5. The van der Waals surface area contributed by atoms with E-state index in [0.29, 0.717) is 5.56 Å². The van der Waals surface area contributed by atoms with E-state index >= 15 is 0 Å². The van der Waals surface area contributed by atoms with Gasteiger partial charge in [0.25, 0.3) is 11.5 Å². The van der Waals surface area contributed by atoms with E-state index in [1.54, 1.807) is 0 Å². The molecular weight excluding hydrogens is 333 g/mol. The molecule has 3 rings (SSSR count). The molecule has 0 aliphatic carbocycles. The minimum atomic E-state index is -0.764. The lowest BCUT2D eigenvalue weighted by molar-refractivity contribution is 0.0942. The highest BCUT2D eigenvalue weighted by Crippen LogP contribution is 2.31. The number of aromatic hydroxyl groups is 1. The van der Waals surface area contributed by atoms with Gasteiger partial charge < -0.3 is 15.4 Å². The molecule has 2 heterocycles. The molecule has 0 atom stereocenters. The molecule has 0 bridgehead atoms. The van der Waals surface area contributed by atoms with Gasteiger partial charge in [0.05, 0.1) is 0 Å². The second-order valence-corrected chi connectivity index (χ2v) is 6.26. The summed E-state index contributed by atoms with van der Waals surface area (Å²) in [5.41, 5.74) is -0.409. The first-order valence-electron chi connectivity index (χ1n) is 7.24. The summed E-state index contributed by atoms with van der Waals surface area (Å²) in [6, 6.07) is 5.64. The third-order valence-corrected chi connectivity index (χ3v) is 4.53. The van der Waals surface area contributed by atoms with Crippen LogP contribution in [0.2, 0.25) is 0 Å². The number of H-pyrrole nitrogens is 1. The number of aromatic nitrogens is 2. The van der Waals surface area contributed by atoms with Crippen LogP contribution in [0.3, 0.4) is 0 Å². The predicted octanol–water partition coefficient (Wildman–Crippen LogP) is 2.02. The molecule has 3 N–H and O–H groups in total. The number of aromatic amines is 1. The van der Waals surface area contributed by atoms with E-state index < -0.39 is 17.2 Å². The molecule has 0 fully saturated rings. The molecule has 124 valence electrons. The molecule has 6 nitrogen and oxygen atoms in total. The van der Waals surface area contributed by atoms with Crippen LogP contribution in [0, 0.1) is 5.82 Å². The number of halogens is 1. The molecule has 2 aromatic rings. The van der Waals surface area contributed by atoms with Gasteiger partial charge >= 0.3 is 0 Å². The zero-order valence-electron chi connectivity index (χ0n) is 12.5. The lowest BCUT2D eigenvalue weighted by atomic mass is 10.2. The van der Waals surface area contributed by atoms with Crippen LogP contribution in [-0.2, 0) is 6.54 Å². The third-order valence-electron chi connectivity index (χ3n) is 3.41. The van der Waals surface area contributed by atoms with Crippen molar-refractivity contribution in [3.8, 4) is 5.75 Å². The van der Waals surface area contributed by atoms with Crippen molar-refractivity contribution in [1.82, 2.24) is 15.3 Å². The Hall–Kier alpha value is -2.61. The summed E-state index contributed by atoms with van der Waals surface area (Å²) < 4.78 is 12.9. The van der Waals surface area contributed by atoms with E-state index in [9.17, 15) is 19.1 Å². The van der Waals surface area contributed by atoms with Gasteiger partial charge in [-0.05, 0) is 24.1 Å². The largest absolute Gasteiger partial charge is 0.501 e. The minimum absolute atomic E-state index is 0.125. The lowest BCUT2D eigenvalue weighted by Gasteiger charge is -2.08. The monoisotopic (exact) mass is 347 g/mol. The first-order chi connectivity index (χ1) is 11.5. The SMILES string of the molecule is O=C(NCc1ccc(F)cc1)c1nc(C2=CCCS2)[nH]c(=O)c1O. The van der Waals surface area contributed by atoms with Crippen LogP contribution in [0.1, 0.15) is 28.3 Å². The minimum Gasteiger partial charge on any atom is -0.501 e. The number of benzene rings is 1. The summed E-state index contributed by atoms with van der Waals surface area (Å²) in [6.07, 6.45) is 2.77. The van der Waals surface area contributed by atoms with E-state index in [1.807, 2.05) is 6.08 Å². The van der Waals surface area contributed by atoms with Gasteiger partial charge in [-0.15, -0.1) is 11.8 Å². The van der Waals surface area contributed by atoms with Crippen molar-refractivity contribution in [1.29, 1.82) is 0 Å². The van der Waals surface area contributed by atoms with Crippen molar-refractivity contribution < 1.29 is 14.3 Å². The molecule has 1 aliphatic heterocycles. The molecule has 1 aliphatic rings. The Kier molecular flexibility index (Phi) is 4.66. The van der Waals surface area contributed by atoms with E-state index in [2.05, 4.69) is 15.3 Å². The topological polar surface area (TPSA) is 95.1 Å². The fourth-order valence-corrected chi connectivity index (χ4v) is 3.12. The number of amides is 1. The Bertz CT molecular complexity index is 862. The summed E-state index contributed by atoms with van der Waals surface area (Å²) in [7, 11) is 0. The maximum absolute atomic E-state index is 12.9. The van der Waals surface area contributed by atoms with Crippen LogP contribution >= 0.6 is 11.8 Å². The van der Waals surface area contributed by atoms with Crippen molar-refractivity contribution in [2.45, 2.75) is 13.0 Å². The van der Waals surface area contributed by atoms with Crippen molar-refractivity contribution in [3.05, 3.63) is 63.6 Å². The highest BCUT2D eigenvalue weighted by Gasteiger charge is 2.20. The van der Waals surface area contributed by atoms with Gasteiger partial charge in [-0.3, -0.25) is 9.59 Å². The molecule has 0 saturated heterocycles. The maximum atomic E-state index is 12.9. The number of allylic oxidation sites excluding steroid dienone is 1. The van der Waals surface area contributed by atoms with Crippen molar-refractivity contribution in [3.63, 3.8) is 0 Å². The van der Waals surface area contributed by atoms with Crippen LogP contribution in [0.25, 0.3) is 4.91 Å². The smallest absolute Gasteiger partial charge is 0.294 e. The van der Waals surface area contributed by atoms with E-state index in [4.69, 9.17) is 0 Å². The third kappa shape index (κ3) is 3.48. The van der Waals surface area contributed by atoms with Crippen molar-refractivity contribution in [2.24, 2.45) is 0 Å². The van der Waals surface area contributed by atoms with Gasteiger partial charge in [0.2, 0.25) is 5.75 Å². The van der Waals surface area contributed by atoms with Crippen LogP contribution in [0.5, 0.6) is 5.75 Å². The van der Waals surface area contributed by atoms with Gasteiger partial charge in [0, 0.05) is 17.2 Å². The van der Waals surface area contributed by atoms with Crippen LogP contribution in [0.4, 0.5) is 4.39 Å². The fourth-order valence-electron chi connectivity index (χ4n) is 2.19. The maximum Gasteiger partial charge on any atom is 0.294 e. The van der Waals surface area contributed by atoms with Gasteiger partial charge in [-0.1, -0.05) is 18.2 Å². The summed E-state index contributed by atoms with van der Waals surface area (Å²) in [5.74, 6) is -0.614. The Labute approximate surface area is 140 Å². The van der Waals surface area contributed by atoms with Gasteiger partial charge in [-0.2, -0.15) is 0 Å². The molecule has 8 heteroatoms. The normalized spacial score (nSPS) is 13.6. The molecule has 24 heavy (non-hydrogen) atoms. The highest BCUT2D eigenvalue weighted by molar-refractivity contribution is 8.08. The predicted molar refractivity (Wildman–Crippen MR) is 89.1 cm³/mol. The number of nitrogens with one attached hydrogen (secondary N) is 2. The molecule has 0 spiro atoms. The molecule has 1 amide bonds. The van der Waals surface area contributed by atoms with Gasteiger partial charge in [0.1, 0.15) is 11.6 Å². The first kappa shape index (κ1) is 16.3. The van der Waals surface area contributed by atoms with E-state index in [1.165, 1.54) is 36.0 Å². The summed E-state index contributed by atoms with van der Waals surface area (Å²) >= 11 is 1.52. The molecule has 0 saturated carbocycles. The Morgan fingerprint density at radius 1 is 1.38 bits per heavy atom.